The fourth-order valence-electron chi connectivity index (χ4n) is 4.41. The molecule has 3 aromatic rings. The number of aryl methyl sites for hydroxylation is 3. The summed E-state index contributed by atoms with van der Waals surface area (Å²) in [6.45, 7) is 7.36. The zero-order valence-electron chi connectivity index (χ0n) is 19.4. The molecule has 3 aromatic carbocycles. The molecular formula is C28H31N3O. The summed E-state index contributed by atoms with van der Waals surface area (Å²) in [5.41, 5.74) is 8.05. The highest BCUT2D eigenvalue weighted by Crippen LogP contribution is 2.35. The lowest BCUT2D eigenvalue weighted by molar-refractivity contribution is -0.134. The van der Waals surface area contributed by atoms with Gasteiger partial charge < -0.3 is 0 Å². The second-order valence-electron chi connectivity index (χ2n) is 8.84. The van der Waals surface area contributed by atoms with Crippen LogP contribution in [0.25, 0.3) is 0 Å². The van der Waals surface area contributed by atoms with Gasteiger partial charge in [-0.2, -0.15) is 5.10 Å². The zero-order valence-corrected chi connectivity index (χ0v) is 19.4. The predicted octanol–water partition coefficient (Wildman–Crippen LogP) is 5.42. The van der Waals surface area contributed by atoms with Crippen LogP contribution in [-0.4, -0.2) is 35.1 Å². The average molecular weight is 426 g/mol. The van der Waals surface area contributed by atoms with E-state index in [1.165, 1.54) is 22.3 Å². The number of hydrazone groups is 1. The van der Waals surface area contributed by atoms with Crippen LogP contribution < -0.4 is 0 Å². The van der Waals surface area contributed by atoms with Crippen LogP contribution in [0.5, 0.6) is 0 Å². The van der Waals surface area contributed by atoms with E-state index in [-0.39, 0.29) is 11.9 Å². The molecule has 0 saturated heterocycles. The van der Waals surface area contributed by atoms with E-state index in [1.54, 1.807) is 5.01 Å². The van der Waals surface area contributed by atoms with Gasteiger partial charge in [0, 0.05) is 18.5 Å². The number of benzene rings is 3. The number of hydrogen-bond donors (Lipinski definition) is 0. The van der Waals surface area contributed by atoms with Crippen molar-refractivity contribution < 1.29 is 4.79 Å². The Morgan fingerprint density at radius 2 is 1.69 bits per heavy atom. The molecule has 0 saturated carbocycles. The average Bonchev–Trinajstić information content (AvgIpc) is 3.21. The monoisotopic (exact) mass is 425 g/mol. The summed E-state index contributed by atoms with van der Waals surface area (Å²) >= 11 is 0. The quantitative estimate of drug-likeness (QED) is 0.529. The van der Waals surface area contributed by atoms with Gasteiger partial charge in [-0.15, -0.1) is 0 Å². The maximum Gasteiger partial charge on any atom is 0.257 e. The summed E-state index contributed by atoms with van der Waals surface area (Å²) in [6, 6.07) is 24.9. The van der Waals surface area contributed by atoms with Crippen molar-refractivity contribution in [2.45, 2.75) is 39.8 Å². The van der Waals surface area contributed by atoms with E-state index in [0.717, 1.165) is 29.8 Å². The van der Waals surface area contributed by atoms with Crippen LogP contribution in [0.15, 0.2) is 77.9 Å². The third kappa shape index (κ3) is 4.81. The first-order chi connectivity index (χ1) is 15.4. The van der Waals surface area contributed by atoms with E-state index in [9.17, 15) is 4.79 Å². The van der Waals surface area contributed by atoms with E-state index < -0.39 is 0 Å². The molecule has 4 nitrogen and oxygen atoms in total. The highest BCUT2D eigenvalue weighted by Gasteiger charge is 2.34. The van der Waals surface area contributed by atoms with Crippen LogP contribution in [-0.2, 0) is 11.3 Å². The number of amides is 1. The summed E-state index contributed by atoms with van der Waals surface area (Å²) in [5.74, 6) is 0.0250. The molecule has 0 fully saturated rings. The lowest BCUT2D eigenvalue weighted by atomic mass is 9.93. The summed E-state index contributed by atoms with van der Waals surface area (Å²) in [7, 11) is 1.99. The minimum absolute atomic E-state index is 0.0250. The molecule has 4 heteroatoms. The summed E-state index contributed by atoms with van der Waals surface area (Å²) < 4.78 is 0. The van der Waals surface area contributed by atoms with Crippen molar-refractivity contribution in [2.24, 2.45) is 5.10 Å². The topological polar surface area (TPSA) is 35.9 Å². The van der Waals surface area contributed by atoms with Crippen molar-refractivity contribution in [3.63, 3.8) is 0 Å². The number of hydrogen-bond acceptors (Lipinski definition) is 3. The second-order valence-corrected chi connectivity index (χ2v) is 8.84. The van der Waals surface area contributed by atoms with Crippen molar-refractivity contribution in [1.82, 2.24) is 9.91 Å². The summed E-state index contributed by atoms with van der Waals surface area (Å²) in [5, 5.41) is 6.62. The molecule has 0 unspecified atom stereocenters. The van der Waals surface area contributed by atoms with E-state index >= 15 is 0 Å². The summed E-state index contributed by atoms with van der Waals surface area (Å²) in [6.07, 6.45) is 0.725. The van der Waals surface area contributed by atoms with Crippen molar-refractivity contribution in [2.75, 3.05) is 13.6 Å². The van der Waals surface area contributed by atoms with Gasteiger partial charge in [-0.25, -0.2) is 5.01 Å². The molecule has 1 aliphatic rings. The van der Waals surface area contributed by atoms with Gasteiger partial charge in [0.25, 0.3) is 5.91 Å². The van der Waals surface area contributed by atoms with Crippen LogP contribution in [0.4, 0.5) is 0 Å². The van der Waals surface area contributed by atoms with Gasteiger partial charge in [0.1, 0.15) is 0 Å². The fourth-order valence-corrected chi connectivity index (χ4v) is 4.41. The molecule has 32 heavy (non-hydrogen) atoms. The first-order valence-corrected chi connectivity index (χ1v) is 11.2. The number of carbonyl (C=O) groups excluding carboxylic acids is 1. The molecule has 1 amide bonds. The maximum atomic E-state index is 13.4. The zero-order chi connectivity index (χ0) is 22.7. The highest BCUT2D eigenvalue weighted by atomic mass is 16.2. The maximum absolute atomic E-state index is 13.4. The Balaban J connectivity index is 1.61. The van der Waals surface area contributed by atoms with Crippen LogP contribution in [0, 0.1) is 20.8 Å². The Labute approximate surface area is 191 Å². The predicted molar refractivity (Wildman–Crippen MR) is 131 cm³/mol. The normalized spacial score (nSPS) is 15.8. The van der Waals surface area contributed by atoms with Gasteiger partial charge >= 0.3 is 0 Å². The van der Waals surface area contributed by atoms with Crippen molar-refractivity contribution in [1.29, 1.82) is 0 Å². The first-order valence-electron chi connectivity index (χ1n) is 11.2. The standard InChI is InChI=1S/C28H31N3O/c1-20-14-15-22(3)25(16-20)26-17-27(24-13-9-8-10-21(24)2)31(29-26)28(32)19-30(4)18-23-11-6-5-7-12-23/h5-16,27H,17-19H2,1-4H3/t27-/m1/s1. The Morgan fingerprint density at radius 1 is 0.969 bits per heavy atom. The second kappa shape index (κ2) is 9.49. The fraction of sp³-hybridized carbons (Fsp3) is 0.286. The molecule has 0 spiro atoms. The summed E-state index contributed by atoms with van der Waals surface area (Å²) in [4.78, 5) is 15.5. The molecule has 1 heterocycles. The van der Waals surface area contributed by atoms with Gasteiger partial charge in [0.15, 0.2) is 0 Å². The van der Waals surface area contributed by atoms with E-state index in [1.807, 2.05) is 37.4 Å². The Hall–Kier alpha value is -3.24. The third-order valence-corrected chi connectivity index (χ3v) is 6.12. The third-order valence-electron chi connectivity index (χ3n) is 6.12. The SMILES string of the molecule is Cc1ccc(C)c(C2=NN(C(=O)CN(C)Cc3ccccc3)[C@@H](c3ccccc3C)C2)c1. The van der Waals surface area contributed by atoms with Crippen LogP contribution >= 0.6 is 0 Å². The Bertz CT molecular complexity index is 1140. The van der Waals surface area contributed by atoms with Crippen molar-refractivity contribution in [3.8, 4) is 0 Å². The van der Waals surface area contributed by atoms with Gasteiger partial charge in [-0.05, 0) is 56.1 Å². The van der Waals surface area contributed by atoms with Crippen LogP contribution in [0.1, 0.15) is 45.8 Å². The molecule has 0 aliphatic carbocycles. The van der Waals surface area contributed by atoms with Crippen LogP contribution in [0.2, 0.25) is 0 Å². The molecule has 4 rings (SSSR count). The molecule has 0 bridgehead atoms. The number of nitrogens with zero attached hydrogens (tertiary/aromatic N) is 3. The molecule has 0 radical (unpaired) electrons. The lowest BCUT2D eigenvalue weighted by Gasteiger charge is -2.25. The first kappa shape index (κ1) is 22.0. The van der Waals surface area contributed by atoms with E-state index in [2.05, 4.69) is 68.1 Å². The molecule has 0 N–H and O–H groups in total. The molecule has 1 atom stereocenters. The minimum atomic E-state index is -0.0799. The highest BCUT2D eigenvalue weighted by molar-refractivity contribution is 6.04. The molecule has 0 aromatic heterocycles. The van der Waals surface area contributed by atoms with E-state index in [0.29, 0.717) is 6.54 Å². The van der Waals surface area contributed by atoms with Crippen molar-refractivity contribution >= 4 is 11.6 Å². The van der Waals surface area contributed by atoms with Gasteiger partial charge in [0.05, 0.1) is 18.3 Å². The Kier molecular flexibility index (Phi) is 6.52. The number of carbonyl (C=O) groups is 1. The number of likely N-dealkylation sites (N-methyl/N-ethyl adjacent to an activating group) is 1. The van der Waals surface area contributed by atoms with Gasteiger partial charge in [0.2, 0.25) is 0 Å². The molecule has 164 valence electrons. The lowest BCUT2D eigenvalue weighted by Crippen LogP contribution is -2.36. The van der Waals surface area contributed by atoms with Gasteiger partial charge in [-0.3, -0.25) is 9.69 Å². The van der Waals surface area contributed by atoms with E-state index in [4.69, 9.17) is 5.10 Å². The van der Waals surface area contributed by atoms with Gasteiger partial charge in [-0.1, -0.05) is 72.3 Å². The largest absolute Gasteiger partial charge is 0.293 e. The minimum Gasteiger partial charge on any atom is -0.293 e. The molecule has 1 aliphatic heterocycles. The van der Waals surface area contributed by atoms with Crippen LogP contribution in [0.3, 0.4) is 0 Å². The number of rotatable bonds is 6. The smallest absolute Gasteiger partial charge is 0.257 e. The Morgan fingerprint density at radius 3 is 2.44 bits per heavy atom. The van der Waals surface area contributed by atoms with Crippen molar-refractivity contribution in [3.05, 3.63) is 106 Å². The molecular weight excluding hydrogens is 394 g/mol.